The van der Waals surface area contributed by atoms with Crippen molar-refractivity contribution in [2.45, 2.75) is 219 Å². The lowest BCUT2D eigenvalue weighted by Crippen LogP contribution is -2.30. The van der Waals surface area contributed by atoms with Gasteiger partial charge >= 0.3 is 17.9 Å². The summed E-state index contributed by atoms with van der Waals surface area (Å²) in [5.41, 5.74) is 0. The van der Waals surface area contributed by atoms with E-state index in [0.29, 0.717) is 19.3 Å². The Balaban J connectivity index is 4.32. The molecule has 0 aliphatic carbocycles. The third-order valence-electron chi connectivity index (χ3n) is 9.70. The van der Waals surface area contributed by atoms with Crippen LogP contribution in [0.25, 0.3) is 0 Å². The van der Waals surface area contributed by atoms with Crippen LogP contribution in [0, 0.1) is 0 Å². The van der Waals surface area contributed by atoms with Crippen molar-refractivity contribution in [2.24, 2.45) is 0 Å². The second-order valence-corrected chi connectivity index (χ2v) is 15.3. The second kappa shape index (κ2) is 45.6. The van der Waals surface area contributed by atoms with E-state index in [1.807, 2.05) is 0 Å². The molecule has 57 heavy (non-hydrogen) atoms. The van der Waals surface area contributed by atoms with Gasteiger partial charge in [0.1, 0.15) is 13.2 Å². The average Bonchev–Trinajstić information content (AvgIpc) is 3.21. The minimum atomic E-state index is -0.795. The van der Waals surface area contributed by atoms with Gasteiger partial charge in [0.15, 0.2) is 6.10 Å². The maximum Gasteiger partial charge on any atom is 0.306 e. The maximum absolute atomic E-state index is 12.7. The van der Waals surface area contributed by atoms with Crippen LogP contribution in [0.1, 0.15) is 213 Å². The maximum atomic E-state index is 12.7. The first kappa shape index (κ1) is 53.9. The van der Waals surface area contributed by atoms with Crippen molar-refractivity contribution in [3.05, 3.63) is 72.9 Å². The molecule has 0 aliphatic rings. The van der Waals surface area contributed by atoms with Gasteiger partial charge in [0.2, 0.25) is 0 Å². The quantitative estimate of drug-likeness (QED) is 0.0265. The molecule has 0 rings (SSSR count). The Bertz CT molecular complexity index is 1100. The van der Waals surface area contributed by atoms with Crippen molar-refractivity contribution >= 4 is 17.9 Å². The number of rotatable bonds is 41. The van der Waals surface area contributed by atoms with Crippen LogP contribution in [0.4, 0.5) is 0 Å². The molecule has 0 radical (unpaired) electrons. The summed E-state index contributed by atoms with van der Waals surface area (Å²) in [4.78, 5) is 37.5. The SMILES string of the molecule is CC/C=C\C/C=C\C/C=C\C/C=C\C/C=C\CCCC(=O)OCC(COC(=O)CCCCCCC)OC(=O)CCCCCCCCC/C=C\CCCCCCCC. The van der Waals surface area contributed by atoms with Gasteiger partial charge in [0, 0.05) is 19.3 Å². The van der Waals surface area contributed by atoms with Gasteiger partial charge in [0.25, 0.3) is 0 Å². The second-order valence-electron chi connectivity index (χ2n) is 15.3. The van der Waals surface area contributed by atoms with Gasteiger partial charge in [-0.1, -0.05) is 184 Å². The van der Waals surface area contributed by atoms with E-state index in [4.69, 9.17) is 14.2 Å². The minimum absolute atomic E-state index is 0.0961. The van der Waals surface area contributed by atoms with Crippen molar-refractivity contribution in [3.63, 3.8) is 0 Å². The summed E-state index contributed by atoms with van der Waals surface area (Å²) >= 11 is 0. The van der Waals surface area contributed by atoms with E-state index >= 15 is 0 Å². The Morgan fingerprint density at radius 2 is 0.702 bits per heavy atom. The molecule has 0 aromatic rings. The van der Waals surface area contributed by atoms with E-state index < -0.39 is 6.10 Å². The van der Waals surface area contributed by atoms with Crippen molar-refractivity contribution < 1.29 is 28.6 Å². The zero-order chi connectivity index (χ0) is 41.5. The van der Waals surface area contributed by atoms with Crippen molar-refractivity contribution in [3.8, 4) is 0 Å². The molecule has 0 N–H and O–H groups in total. The first-order valence-electron chi connectivity index (χ1n) is 23.4. The van der Waals surface area contributed by atoms with E-state index in [1.54, 1.807) is 0 Å². The Morgan fingerprint density at radius 3 is 1.16 bits per heavy atom. The molecule has 0 saturated heterocycles. The molecule has 0 amide bonds. The first-order chi connectivity index (χ1) is 28.0. The zero-order valence-corrected chi connectivity index (χ0v) is 37.1. The molecule has 6 heteroatoms. The predicted octanol–water partition coefficient (Wildman–Crippen LogP) is 15.1. The molecular weight excluding hydrogens is 709 g/mol. The molecule has 0 spiro atoms. The normalized spacial score (nSPS) is 12.7. The fourth-order valence-electron chi connectivity index (χ4n) is 6.18. The lowest BCUT2D eigenvalue weighted by Gasteiger charge is -2.18. The van der Waals surface area contributed by atoms with Crippen LogP contribution in [-0.2, 0) is 28.6 Å². The van der Waals surface area contributed by atoms with Crippen LogP contribution in [0.2, 0.25) is 0 Å². The molecule has 0 heterocycles. The Hall–Kier alpha value is -3.15. The third-order valence-corrected chi connectivity index (χ3v) is 9.70. The Morgan fingerprint density at radius 1 is 0.368 bits per heavy atom. The van der Waals surface area contributed by atoms with Crippen LogP contribution < -0.4 is 0 Å². The zero-order valence-electron chi connectivity index (χ0n) is 37.1. The molecule has 0 fully saturated rings. The fourth-order valence-corrected chi connectivity index (χ4v) is 6.18. The fraction of sp³-hybridized carbons (Fsp3) is 0.706. The van der Waals surface area contributed by atoms with Crippen molar-refractivity contribution in [1.29, 1.82) is 0 Å². The number of esters is 3. The number of unbranched alkanes of at least 4 members (excludes halogenated alkanes) is 18. The Kier molecular flexibility index (Phi) is 43.0. The lowest BCUT2D eigenvalue weighted by atomic mass is 10.1. The highest BCUT2D eigenvalue weighted by Gasteiger charge is 2.19. The van der Waals surface area contributed by atoms with Crippen LogP contribution in [0.15, 0.2) is 72.9 Å². The summed E-state index contributed by atoms with van der Waals surface area (Å²) in [5.74, 6) is -0.979. The summed E-state index contributed by atoms with van der Waals surface area (Å²) in [5, 5.41) is 0. The predicted molar refractivity (Wildman–Crippen MR) is 242 cm³/mol. The number of allylic oxidation sites excluding steroid dienone is 12. The number of ether oxygens (including phenoxy) is 3. The average molecular weight is 795 g/mol. The number of hydrogen-bond acceptors (Lipinski definition) is 6. The number of hydrogen-bond donors (Lipinski definition) is 0. The van der Waals surface area contributed by atoms with Gasteiger partial charge in [-0.05, 0) is 83.5 Å². The molecule has 326 valence electrons. The molecule has 1 atom stereocenters. The molecule has 0 bridgehead atoms. The van der Waals surface area contributed by atoms with Gasteiger partial charge < -0.3 is 14.2 Å². The van der Waals surface area contributed by atoms with E-state index in [-0.39, 0.29) is 37.5 Å². The highest BCUT2D eigenvalue weighted by molar-refractivity contribution is 5.71. The molecule has 0 aromatic heterocycles. The standard InChI is InChI=1S/C51H86O6/c1-4-7-10-13-15-17-19-21-23-25-27-29-31-33-35-38-41-44-50(53)56-47-48(46-55-49(52)43-40-37-12-9-6-3)57-51(54)45-42-39-36-34-32-30-28-26-24-22-20-18-16-14-11-8-5-2/h7,10,15,17,21-24,27,29,33,35,48H,4-6,8-9,11-14,16,18-20,25-26,28,30-32,34,36-47H2,1-3H3/b10-7-,17-15-,23-21-,24-22-,29-27-,35-33-. The highest BCUT2D eigenvalue weighted by atomic mass is 16.6. The van der Waals surface area contributed by atoms with Gasteiger partial charge in [-0.15, -0.1) is 0 Å². The summed E-state index contributed by atoms with van der Waals surface area (Å²) in [6.45, 7) is 6.37. The molecule has 0 aliphatic heterocycles. The van der Waals surface area contributed by atoms with E-state index in [2.05, 4.69) is 93.7 Å². The monoisotopic (exact) mass is 795 g/mol. The van der Waals surface area contributed by atoms with E-state index in [0.717, 1.165) is 89.9 Å². The molecule has 0 aromatic carbocycles. The summed E-state index contributed by atoms with van der Waals surface area (Å²) in [7, 11) is 0. The molecule has 6 nitrogen and oxygen atoms in total. The van der Waals surface area contributed by atoms with Crippen LogP contribution >= 0.6 is 0 Å². The number of carbonyl (C=O) groups is 3. The summed E-state index contributed by atoms with van der Waals surface area (Å²) in [6.07, 6.45) is 56.4. The van der Waals surface area contributed by atoms with Gasteiger partial charge in [-0.25, -0.2) is 0 Å². The van der Waals surface area contributed by atoms with Gasteiger partial charge in [0.05, 0.1) is 0 Å². The van der Waals surface area contributed by atoms with Gasteiger partial charge in [-0.3, -0.25) is 14.4 Å². The van der Waals surface area contributed by atoms with Crippen molar-refractivity contribution in [2.75, 3.05) is 13.2 Å². The summed E-state index contributed by atoms with van der Waals surface area (Å²) in [6, 6.07) is 0. The van der Waals surface area contributed by atoms with E-state index in [9.17, 15) is 14.4 Å². The Labute approximate surface area is 351 Å². The topological polar surface area (TPSA) is 78.9 Å². The molecule has 1 unspecified atom stereocenters. The lowest BCUT2D eigenvalue weighted by molar-refractivity contribution is -0.167. The molecular formula is C51H86O6. The van der Waals surface area contributed by atoms with Gasteiger partial charge in [-0.2, -0.15) is 0 Å². The minimum Gasteiger partial charge on any atom is -0.462 e. The van der Waals surface area contributed by atoms with Crippen LogP contribution in [0.3, 0.4) is 0 Å². The van der Waals surface area contributed by atoms with Crippen molar-refractivity contribution in [1.82, 2.24) is 0 Å². The van der Waals surface area contributed by atoms with Crippen LogP contribution in [-0.4, -0.2) is 37.2 Å². The first-order valence-corrected chi connectivity index (χ1v) is 23.4. The summed E-state index contributed by atoms with van der Waals surface area (Å²) < 4.78 is 16.6. The smallest absolute Gasteiger partial charge is 0.306 e. The third kappa shape index (κ3) is 43.8. The highest BCUT2D eigenvalue weighted by Crippen LogP contribution is 2.13. The molecule has 0 saturated carbocycles. The van der Waals surface area contributed by atoms with Crippen LogP contribution in [0.5, 0.6) is 0 Å². The van der Waals surface area contributed by atoms with E-state index in [1.165, 1.54) is 77.0 Å². The number of carbonyl (C=O) groups excluding carboxylic acids is 3. The largest absolute Gasteiger partial charge is 0.462 e.